The number of aromatic nitrogens is 2. The highest BCUT2D eigenvalue weighted by atomic mass is 32.2. The molecule has 1 aromatic heterocycles. The van der Waals surface area contributed by atoms with Crippen LogP contribution in [0.15, 0.2) is 24.5 Å². The summed E-state index contributed by atoms with van der Waals surface area (Å²) in [6.07, 6.45) is 3.46. The van der Waals surface area contributed by atoms with E-state index in [1.807, 2.05) is 32.0 Å². The van der Waals surface area contributed by atoms with Gasteiger partial charge in [-0.25, -0.2) is 9.97 Å². The van der Waals surface area contributed by atoms with Crippen molar-refractivity contribution in [3.8, 4) is 5.88 Å². The fraction of sp³-hybridized carbons (Fsp3) is 0.579. The standard InChI is InChI=1S/C19H27N5O3S/c1-15(2)27-19-17-13-16(5-6-18(17)20-14-21-19)22-9-11-24(12-10-22)28(25,26)23-7-3-4-8-23/h5-6,13-15H,3-4,7-12H2,1-2H3. The molecule has 152 valence electrons. The van der Waals surface area contributed by atoms with Crippen LogP contribution in [0.5, 0.6) is 5.88 Å². The van der Waals surface area contributed by atoms with Crippen LogP contribution in [0, 0.1) is 0 Å². The fourth-order valence-electron chi connectivity index (χ4n) is 3.79. The number of anilines is 1. The molecule has 0 radical (unpaired) electrons. The molecule has 2 fully saturated rings. The summed E-state index contributed by atoms with van der Waals surface area (Å²) >= 11 is 0. The molecule has 0 atom stereocenters. The Bertz CT molecular complexity index is 936. The van der Waals surface area contributed by atoms with Gasteiger partial charge in [0.2, 0.25) is 5.88 Å². The average molecular weight is 406 g/mol. The molecule has 0 bridgehead atoms. The minimum Gasteiger partial charge on any atom is -0.474 e. The van der Waals surface area contributed by atoms with E-state index in [0.717, 1.165) is 29.4 Å². The van der Waals surface area contributed by atoms with Crippen molar-refractivity contribution in [1.29, 1.82) is 0 Å². The van der Waals surface area contributed by atoms with Crippen molar-refractivity contribution in [3.05, 3.63) is 24.5 Å². The Hall–Kier alpha value is -1.97. The maximum Gasteiger partial charge on any atom is 0.282 e. The molecule has 9 heteroatoms. The van der Waals surface area contributed by atoms with Crippen LogP contribution >= 0.6 is 0 Å². The Morgan fingerprint density at radius 3 is 2.32 bits per heavy atom. The Balaban J connectivity index is 1.50. The molecular weight excluding hydrogens is 378 g/mol. The lowest BCUT2D eigenvalue weighted by atomic mass is 10.2. The first-order chi connectivity index (χ1) is 13.4. The molecule has 2 saturated heterocycles. The second-order valence-electron chi connectivity index (χ2n) is 7.55. The van der Waals surface area contributed by atoms with Crippen LogP contribution in [-0.2, 0) is 10.2 Å². The number of hydrogen-bond acceptors (Lipinski definition) is 6. The van der Waals surface area contributed by atoms with Gasteiger partial charge in [0.25, 0.3) is 10.2 Å². The van der Waals surface area contributed by atoms with E-state index < -0.39 is 10.2 Å². The number of benzene rings is 1. The van der Waals surface area contributed by atoms with Crippen molar-refractivity contribution in [1.82, 2.24) is 18.6 Å². The summed E-state index contributed by atoms with van der Waals surface area (Å²) in [7, 11) is -3.32. The number of nitrogens with zero attached hydrogens (tertiary/aromatic N) is 5. The highest BCUT2D eigenvalue weighted by Crippen LogP contribution is 2.28. The van der Waals surface area contributed by atoms with Gasteiger partial charge in [0.15, 0.2) is 0 Å². The first kappa shape index (κ1) is 19.4. The Kier molecular flexibility index (Phi) is 5.39. The fourth-order valence-corrected chi connectivity index (χ4v) is 5.46. The van der Waals surface area contributed by atoms with Gasteiger partial charge in [0.1, 0.15) is 6.33 Å². The summed E-state index contributed by atoms with van der Waals surface area (Å²) in [5.74, 6) is 0.581. The molecule has 28 heavy (non-hydrogen) atoms. The van der Waals surface area contributed by atoms with Gasteiger partial charge < -0.3 is 9.64 Å². The Labute approximate surface area is 166 Å². The molecular formula is C19H27N5O3S. The number of hydrogen-bond donors (Lipinski definition) is 0. The topological polar surface area (TPSA) is 78.9 Å². The number of ether oxygens (including phenoxy) is 1. The summed E-state index contributed by atoms with van der Waals surface area (Å²) in [6, 6.07) is 6.03. The molecule has 0 saturated carbocycles. The first-order valence-corrected chi connectivity index (χ1v) is 11.3. The van der Waals surface area contributed by atoms with Crippen LogP contribution in [0.25, 0.3) is 10.9 Å². The second-order valence-corrected chi connectivity index (χ2v) is 9.48. The smallest absolute Gasteiger partial charge is 0.282 e. The van der Waals surface area contributed by atoms with E-state index in [-0.39, 0.29) is 6.10 Å². The van der Waals surface area contributed by atoms with Crippen LogP contribution in [0.4, 0.5) is 5.69 Å². The van der Waals surface area contributed by atoms with Crippen LogP contribution in [-0.4, -0.2) is 72.4 Å². The first-order valence-electron chi connectivity index (χ1n) is 9.87. The quantitative estimate of drug-likeness (QED) is 0.756. The van der Waals surface area contributed by atoms with E-state index in [9.17, 15) is 8.42 Å². The third-order valence-corrected chi connectivity index (χ3v) is 7.29. The number of fused-ring (bicyclic) bond motifs is 1. The van der Waals surface area contributed by atoms with Crippen LogP contribution in [0.3, 0.4) is 0 Å². The van der Waals surface area contributed by atoms with Gasteiger partial charge in [0.05, 0.1) is 17.0 Å². The lowest BCUT2D eigenvalue weighted by molar-refractivity contribution is 0.235. The SMILES string of the molecule is CC(C)Oc1ncnc2ccc(N3CCN(S(=O)(=O)N4CCCC4)CC3)cc12. The molecule has 2 aromatic rings. The Morgan fingerprint density at radius 2 is 1.64 bits per heavy atom. The zero-order valence-electron chi connectivity index (χ0n) is 16.4. The minimum atomic E-state index is -3.32. The lowest BCUT2D eigenvalue weighted by Gasteiger charge is -2.37. The predicted octanol–water partition coefficient (Wildman–Crippen LogP) is 1.88. The van der Waals surface area contributed by atoms with Gasteiger partial charge in [-0.1, -0.05) is 0 Å². The van der Waals surface area contributed by atoms with E-state index in [4.69, 9.17) is 4.74 Å². The van der Waals surface area contributed by atoms with E-state index in [0.29, 0.717) is 45.1 Å². The molecule has 0 aliphatic carbocycles. The molecule has 0 spiro atoms. The van der Waals surface area contributed by atoms with Crippen molar-refractivity contribution < 1.29 is 13.2 Å². The van der Waals surface area contributed by atoms with Crippen LogP contribution in [0.2, 0.25) is 0 Å². The van der Waals surface area contributed by atoms with Gasteiger partial charge in [-0.15, -0.1) is 0 Å². The number of piperazine rings is 1. The summed E-state index contributed by atoms with van der Waals surface area (Å²) in [4.78, 5) is 10.8. The predicted molar refractivity (Wildman–Crippen MR) is 109 cm³/mol. The maximum absolute atomic E-state index is 12.8. The molecule has 0 N–H and O–H groups in total. The third-order valence-electron chi connectivity index (χ3n) is 5.25. The third kappa shape index (κ3) is 3.78. The van der Waals surface area contributed by atoms with Gasteiger partial charge in [-0.3, -0.25) is 0 Å². The van der Waals surface area contributed by atoms with Gasteiger partial charge in [0, 0.05) is 45.0 Å². The molecule has 2 aliphatic heterocycles. The molecule has 8 nitrogen and oxygen atoms in total. The number of rotatable bonds is 5. The Morgan fingerprint density at radius 1 is 0.964 bits per heavy atom. The van der Waals surface area contributed by atoms with Crippen molar-refractivity contribution in [2.75, 3.05) is 44.2 Å². The van der Waals surface area contributed by atoms with Gasteiger partial charge in [-0.05, 0) is 44.9 Å². The molecule has 2 aliphatic rings. The zero-order valence-corrected chi connectivity index (χ0v) is 17.2. The van der Waals surface area contributed by atoms with Gasteiger partial charge in [-0.2, -0.15) is 17.0 Å². The zero-order chi connectivity index (χ0) is 19.7. The van der Waals surface area contributed by atoms with E-state index in [1.54, 1.807) is 8.61 Å². The highest BCUT2D eigenvalue weighted by molar-refractivity contribution is 7.86. The van der Waals surface area contributed by atoms with E-state index in [2.05, 4.69) is 14.9 Å². The van der Waals surface area contributed by atoms with Crippen LogP contribution < -0.4 is 9.64 Å². The van der Waals surface area contributed by atoms with E-state index in [1.165, 1.54) is 6.33 Å². The van der Waals surface area contributed by atoms with E-state index >= 15 is 0 Å². The largest absolute Gasteiger partial charge is 0.474 e. The monoisotopic (exact) mass is 405 g/mol. The van der Waals surface area contributed by atoms with Crippen molar-refractivity contribution in [2.45, 2.75) is 32.8 Å². The molecule has 3 heterocycles. The summed E-state index contributed by atoms with van der Waals surface area (Å²) in [5, 5.41) is 0.876. The average Bonchev–Trinajstić information content (AvgIpc) is 3.23. The summed E-state index contributed by atoms with van der Waals surface area (Å²) < 4.78 is 34.6. The molecule has 4 rings (SSSR count). The normalized spacial score (nSPS) is 19.6. The molecule has 1 aromatic carbocycles. The second kappa shape index (κ2) is 7.81. The van der Waals surface area contributed by atoms with Crippen LogP contribution in [0.1, 0.15) is 26.7 Å². The van der Waals surface area contributed by atoms with Crippen molar-refractivity contribution >= 4 is 26.8 Å². The maximum atomic E-state index is 12.8. The lowest BCUT2D eigenvalue weighted by Crippen LogP contribution is -2.52. The van der Waals surface area contributed by atoms with Crippen molar-refractivity contribution in [3.63, 3.8) is 0 Å². The van der Waals surface area contributed by atoms with Crippen molar-refractivity contribution in [2.24, 2.45) is 0 Å². The molecule has 0 unspecified atom stereocenters. The van der Waals surface area contributed by atoms with Gasteiger partial charge >= 0.3 is 0 Å². The summed E-state index contributed by atoms with van der Waals surface area (Å²) in [5.41, 5.74) is 1.87. The minimum absolute atomic E-state index is 0.0288. The summed E-state index contributed by atoms with van der Waals surface area (Å²) in [6.45, 7) is 7.54. The highest BCUT2D eigenvalue weighted by Gasteiger charge is 2.33. The molecule has 0 amide bonds.